The van der Waals surface area contributed by atoms with Crippen LogP contribution in [-0.2, 0) is 41.5 Å². The van der Waals surface area contributed by atoms with Gasteiger partial charge in [-0.1, -0.05) is 132 Å². The van der Waals surface area contributed by atoms with E-state index in [-0.39, 0.29) is 35.6 Å². The summed E-state index contributed by atoms with van der Waals surface area (Å²) in [5.74, 6) is 0.573. The summed E-state index contributed by atoms with van der Waals surface area (Å²) < 4.78 is 3.34. The maximum absolute atomic E-state index is 5.51. The van der Waals surface area contributed by atoms with Crippen LogP contribution in [0.5, 0.6) is 0 Å². The van der Waals surface area contributed by atoms with Crippen molar-refractivity contribution in [2.24, 2.45) is 11.3 Å². The van der Waals surface area contributed by atoms with E-state index in [0.29, 0.717) is 11.3 Å². The van der Waals surface area contributed by atoms with Crippen LogP contribution < -0.4 is 0 Å². The van der Waals surface area contributed by atoms with E-state index < -0.39 is 0 Å². The number of fused-ring (bicyclic) bond motifs is 3. The third kappa shape index (κ3) is 15.9. The molecule has 5 heteroatoms. The first-order chi connectivity index (χ1) is 22.5. The Morgan fingerprint density at radius 2 is 1.24 bits per heavy atom. The molecule has 0 aromatic heterocycles. The van der Waals surface area contributed by atoms with Crippen LogP contribution in [0.25, 0.3) is 11.1 Å². The molecule has 6 rings (SSSR count). The molecule has 4 aromatic rings. The summed E-state index contributed by atoms with van der Waals surface area (Å²) in [4.78, 5) is 0. The molecule has 1 atom stereocenters. The topological polar surface area (TPSA) is 0 Å². The molecule has 0 saturated heterocycles. The Kier molecular flexibility index (Phi) is 21.6. The summed E-state index contributed by atoms with van der Waals surface area (Å²) in [6, 6.07) is 35.1. The average molecular weight is 828 g/mol. The minimum absolute atomic E-state index is 0. The minimum atomic E-state index is 0. The van der Waals surface area contributed by atoms with E-state index in [9.17, 15) is 0 Å². The summed E-state index contributed by atoms with van der Waals surface area (Å²) in [6.07, 6.45) is 10.0. The predicted molar refractivity (Wildman–Crippen MR) is 222 cm³/mol. The average Bonchev–Trinajstić information content (AvgIpc) is 3.68. The molecule has 0 radical (unpaired) electrons. The monoisotopic (exact) mass is 824 g/mol. The molecule has 0 bridgehead atoms. The molecular weight excluding hydrogens is 774 g/mol. The molecule has 0 amide bonds. The standard InChI is InChI=1S/C21H25.C11H17.2C6H4Cl.CH2.2ClH.Zr/c1-20(2,3)16-9-7-14-11-15-8-10-17(21(4,5)6)13-19(15)18(14)12-16;1-5-9-6-7-10(8-9)11(2,3)4;2*7-6-4-2-1-3-5-6;;;;/h7,9-10,12-13H,11H2,1-6H3;7-9H,5H2,1-4H3;2*1-2,4-5H;1H2;2*1H;/q4*-1;;;;. The van der Waals surface area contributed by atoms with Crippen molar-refractivity contribution in [3.63, 3.8) is 0 Å². The quantitative estimate of drug-likeness (QED) is 0.148. The Morgan fingerprint density at radius 1 is 0.720 bits per heavy atom. The fraction of sp³-hybridized carbons (Fsp3) is 0.356. The molecule has 0 saturated carbocycles. The van der Waals surface area contributed by atoms with Gasteiger partial charge in [0.25, 0.3) is 0 Å². The molecule has 50 heavy (non-hydrogen) atoms. The Bertz CT molecular complexity index is 1520. The van der Waals surface area contributed by atoms with E-state index in [1.165, 1.54) is 69.6 Å². The van der Waals surface area contributed by atoms with Gasteiger partial charge in [0.05, 0.1) is 0 Å². The Hall–Kier alpha value is -1.73. The van der Waals surface area contributed by atoms with Gasteiger partial charge in [0, 0.05) is 0 Å². The predicted octanol–water partition coefficient (Wildman–Crippen LogP) is 14.1. The van der Waals surface area contributed by atoms with E-state index in [2.05, 4.69) is 140 Å². The molecule has 0 aliphatic heterocycles. The van der Waals surface area contributed by atoms with Gasteiger partial charge >= 0.3 is 28.4 Å². The van der Waals surface area contributed by atoms with Gasteiger partial charge in [-0.25, -0.2) is 6.08 Å². The van der Waals surface area contributed by atoms with Crippen molar-refractivity contribution in [3.8, 4) is 11.1 Å². The van der Waals surface area contributed by atoms with Crippen molar-refractivity contribution in [2.45, 2.75) is 92.9 Å². The summed E-state index contributed by atoms with van der Waals surface area (Å²) in [5.41, 5.74) is 10.5. The summed E-state index contributed by atoms with van der Waals surface area (Å²) in [7, 11) is 0. The molecule has 2 aliphatic carbocycles. The van der Waals surface area contributed by atoms with Gasteiger partial charge < -0.3 is 0 Å². The third-order valence-electron chi connectivity index (χ3n) is 8.00. The number of hydrogen-bond donors (Lipinski definition) is 0. The zero-order valence-corrected chi connectivity index (χ0v) is 37.0. The number of hydrogen-bond acceptors (Lipinski definition) is 0. The van der Waals surface area contributed by atoms with Crippen LogP contribution in [-0.4, -0.2) is 4.21 Å². The van der Waals surface area contributed by atoms with Crippen molar-refractivity contribution >= 4 is 52.2 Å². The van der Waals surface area contributed by atoms with Crippen LogP contribution in [0.15, 0.2) is 96.6 Å². The first-order valence-electron chi connectivity index (χ1n) is 16.6. The first kappa shape index (κ1) is 48.3. The second kappa shape index (κ2) is 22.4. The van der Waals surface area contributed by atoms with Crippen molar-refractivity contribution in [3.05, 3.63) is 153 Å². The molecule has 270 valence electrons. The van der Waals surface area contributed by atoms with Gasteiger partial charge in [0.2, 0.25) is 0 Å². The SMILES string of the molecule is CC(C)(C)c1c[c-]c2c(c1)-c1cc(C(C)(C)C)ccc1C2.CCC1[C-]=CC(C(C)(C)C)=C1.Cl.Cl.Clc1c[c-]ccc1.Clc1c[c-]ccc1.[CH2]=[Zr]. The van der Waals surface area contributed by atoms with E-state index in [1.54, 1.807) is 12.1 Å². The molecule has 0 N–H and O–H groups in total. The van der Waals surface area contributed by atoms with Crippen molar-refractivity contribution in [1.29, 1.82) is 0 Å². The Labute approximate surface area is 342 Å². The normalized spacial score (nSPS) is 13.7. The van der Waals surface area contributed by atoms with E-state index >= 15 is 0 Å². The maximum atomic E-state index is 5.51. The van der Waals surface area contributed by atoms with Crippen molar-refractivity contribution < 1.29 is 24.2 Å². The zero-order chi connectivity index (χ0) is 36.1. The van der Waals surface area contributed by atoms with Crippen molar-refractivity contribution in [2.75, 3.05) is 0 Å². The van der Waals surface area contributed by atoms with Gasteiger partial charge in [-0.2, -0.15) is 125 Å². The van der Waals surface area contributed by atoms with Gasteiger partial charge in [-0.3, -0.25) is 6.08 Å². The number of halogens is 4. The van der Waals surface area contributed by atoms with Gasteiger partial charge in [-0.05, 0) is 17.4 Å². The molecule has 0 spiro atoms. The van der Waals surface area contributed by atoms with Crippen molar-refractivity contribution in [1.82, 2.24) is 0 Å². The molecule has 4 aromatic carbocycles. The second-order valence-electron chi connectivity index (χ2n) is 15.0. The van der Waals surface area contributed by atoms with Gasteiger partial charge in [0.15, 0.2) is 0 Å². The fourth-order valence-corrected chi connectivity index (χ4v) is 5.21. The molecule has 0 heterocycles. The Morgan fingerprint density at radius 3 is 1.60 bits per heavy atom. The fourth-order valence-electron chi connectivity index (χ4n) is 4.94. The number of benzene rings is 4. The molecule has 2 aliphatic rings. The van der Waals surface area contributed by atoms with Crippen LogP contribution in [0.3, 0.4) is 0 Å². The van der Waals surface area contributed by atoms with E-state index in [4.69, 9.17) is 23.2 Å². The van der Waals surface area contributed by atoms with E-state index in [1.807, 2.05) is 36.4 Å². The van der Waals surface area contributed by atoms with Crippen LogP contribution in [0.1, 0.15) is 97.9 Å². The molecule has 1 unspecified atom stereocenters. The third-order valence-corrected chi connectivity index (χ3v) is 8.47. The summed E-state index contributed by atoms with van der Waals surface area (Å²) in [5, 5.41) is 1.48. The molecule has 0 nitrogen and oxygen atoms in total. The molecular formula is C45H54Cl4Zr-4. The second-order valence-corrected chi connectivity index (χ2v) is 15.8. The van der Waals surface area contributed by atoms with Crippen LogP contribution in [0, 0.1) is 35.6 Å². The van der Waals surface area contributed by atoms with E-state index in [0.717, 1.165) is 16.5 Å². The Balaban J connectivity index is 0.000000697. The van der Waals surface area contributed by atoms with Gasteiger partial charge in [-0.15, -0.1) is 30.4 Å². The number of rotatable bonds is 1. The van der Waals surface area contributed by atoms with Gasteiger partial charge in [0.1, 0.15) is 0 Å². The van der Waals surface area contributed by atoms with Crippen LogP contribution in [0.2, 0.25) is 10.0 Å². The summed E-state index contributed by atoms with van der Waals surface area (Å²) in [6.45, 7) is 22.6. The zero-order valence-electron chi connectivity index (χ0n) is 31.4. The number of allylic oxidation sites excluding steroid dienone is 4. The van der Waals surface area contributed by atoms with Crippen LogP contribution in [0.4, 0.5) is 0 Å². The first-order valence-corrected chi connectivity index (χ1v) is 19.1. The molecule has 0 fully saturated rings. The summed E-state index contributed by atoms with van der Waals surface area (Å²) >= 11 is 12.3. The van der Waals surface area contributed by atoms with Crippen LogP contribution >= 0.6 is 48.0 Å².